The van der Waals surface area contributed by atoms with Crippen LogP contribution in [0.1, 0.15) is 33.6 Å². The number of piperidine rings is 1. The normalized spacial score (nSPS) is 17.5. The Labute approximate surface area is 130 Å². The molecule has 0 aromatic heterocycles. The van der Waals surface area contributed by atoms with Gasteiger partial charge in [0.1, 0.15) is 11.9 Å². The lowest BCUT2D eigenvalue weighted by atomic mass is 9.98. The van der Waals surface area contributed by atoms with Crippen molar-refractivity contribution in [3.8, 4) is 5.75 Å². The Morgan fingerprint density at radius 3 is 2.43 bits per heavy atom. The molecule has 0 aliphatic carbocycles. The molecule has 0 saturated carbocycles. The summed E-state index contributed by atoms with van der Waals surface area (Å²) in [4.78, 5) is 17.2. The molecular weight excluding hydrogens is 290 g/mol. The van der Waals surface area contributed by atoms with Crippen molar-refractivity contribution >= 4 is 17.6 Å². The number of para-hydroxylation sites is 1. The van der Waals surface area contributed by atoms with E-state index in [9.17, 15) is 4.79 Å². The second-order valence-corrected chi connectivity index (χ2v) is 6.71. The third kappa shape index (κ3) is 4.61. The summed E-state index contributed by atoms with van der Waals surface area (Å²) in [6.45, 7) is 6.90. The fourth-order valence-corrected chi connectivity index (χ4v) is 2.20. The number of hydrogen-bond donors (Lipinski definition) is 0. The molecule has 0 atom stereocenters. The Balaban J connectivity index is 1.81. The largest absolute Gasteiger partial charge is 0.489 e. The monoisotopic (exact) mass is 311 g/mol. The fraction of sp³-hybridized carbons (Fsp3) is 0.562. The van der Waals surface area contributed by atoms with Gasteiger partial charge in [0, 0.05) is 25.9 Å². The molecule has 0 bridgehead atoms. The first-order chi connectivity index (χ1) is 9.86. The number of hydrogen-bond acceptors (Lipinski definition) is 4. The van der Waals surface area contributed by atoms with E-state index in [4.69, 9.17) is 21.2 Å². The lowest BCUT2D eigenvalue weighted by molar-refractivity contribution is -0.207. The van der Waals surface area contributed by atoms with E-state index in [0.29, 0.717) is 23.9 Å². The molecule has 0 radical (unpaired) electrons. The van der Waals surface area contributed by atoms with Crippen LogP contribution in [0.5, 0.6) is 5.75 Å². The lowest BCUT2D eigenvalue weighted by Crippen LogP contribution is -2.41. The first-order valence-corrected chi connectivity index (χ1v) is 7.62. The summed E-state index contributed by atoms with van der Waals surface area (Å²) in [6, 6.07) is 7.47. The molecule has 0 N–H and O–H groups in total. The van der Waals surface area contributed by atoms with Gasteiger partial charge in [-0.05, 0) is 32.9 Å². The van der Waals surface area contributed by atoms with Crippen LogP contribution in [0.25, 0.3) is 0 Å². The zero-order valence-electron chi connectivity index (χ0n) is 12.8. The molecule has 1 aromatic rings. The summed E-state index contributed by atoms with van der Waals surface area (Å²) < 4.78 is 5.91. The van der Waals surface area contributed by atoms with Gasteiger partial charge in [0.15, 0.2) is 0 Å². The van der Waals surface area contributed by atoms with Crippen molar-refractivity contribution in [2.24, 2.45) is 5.41 Å². The number of benzene rings is 1. The summed E-state index contributed by atoms with van der Waals surface area (Å²) in [6.07, 6.45) is 1.72. The first-order valence-electron chi connectivity index (χ1n) is 7.25. The molecule has 116 valence electrons. The van der Waals surface area contributed by atoms with Crippen LogP contribution in [0.4, 0.5) is 0 Å². The molecule has 1 aliphatic heterocycles. The number of nitrogens with zero attached hydrogens (tertiary/aromatic N) is 1. The number of rotatable bonds is 3. The quantitative estimate of drug-likeness (QED) is 0.853. The zero-order chi connectivity index (χ0) is 15.5. The Morgan fingerprint density at radius 1 is 1.24 bits per heavy atom. The molecule has 21 heavy (non-hydrogen) atoms. The minimum atomic E-state index is -0.481. The molecule has 1 aliphatic rings. The molecule has 2 rings (SSSR count). The highest BCUT2D eigenvalue weighted by Crippen LogP contribution is 2.27. The molecule has 1 saturated heterocycles. The third-order valence-electron chi connectivity index (χ3n) is 3.36. The first kappa shape index (κ1) is 16.1. The second kappa shape index (κ2) is 6.67. The van der Waals surface area contributed by atoms with Gasteiger partial charge in [-0.1, -0.05) is 23.7 Å². The van der Waals surface area contributed by atoms with Crippen LogP contribution in [-0.4, -0.2) is 30.2 Å². The minimum Gasteiger partial charge on any atom is -0.489 e. The molecule has 5 heteroatoms. The van der Waals surface area contributed by atoms with Crippen molar-refractivity contribution in [2.75, 3.05) is 13.1 Å². The van der Waals surface area contributed by atoms with Gasteiger partial charge in [0.2, 0.25) is 0 Å². The predicted molar refractivity (Wildman–Crippen MR) is 82.2 cm³/mol. The standard InChI is InChI=1S/C16H22ClNO3/c1-16(2,3)15(19)21-18-10-8-12(9-11-18)20-14-7-5-4-6-13(14)17/h4-7,12H,8-11H2,1-3H3. The van der Waals surface area contributed by atoms with Crippen LogP contribution < -0.4 is 4.74 Å². The lowest BCUT2D eigenvalue weighted by Gasteiger charge is -2.32. The Hall–Kier alpha value is -1.26. The average Bonchev–Trinajstić information content (AvgIpc) is 2.42. The van der Waals surface area contributed by atoms with Crippen molar-refractivity contribution in [1.29, 1.82) is 0 Å². The van der Waals surface area contributed by atoms with E-state index in [1.807, 2.05) is 45.0 Å². The van der Waals surface area contributed by atoms with Crippen LogP contribution in [0.3, 0.4) is 0 Å². The molecule has 0 spiro atoms. The highest BCUT2D eigenvalue weighted by Gasteiger charge is 2.29. The summed E-state index contributed by atoms with van der Waals surface area (Å²) in [7, 11) is 0. The van der Waals surface area contributed by atoms with Crippen LogP contribution in [0, 0.1) is 5.41 Å². The van der Waals surface area contributed by atoms with Crippen LogP contribution in [-0.2, 0) is 9.63 Å². The SMILES string of the molecule is CC(C)(C)C(=O)ON1CCC(Oc2ccccc2Cl)CC1. The summed E-state index contributed by atoms with van der Waals surface area (Å²) in [5.74, 6) is 0.511. The van der Waals surface area contributed by atoms with E-state index < -0.39 is 5.41 Å². The van der Waals surface area contributed by atoms with Gasteiger partial charge >= 0.3 is 5.97 Å². The van der Waals surface area contributed by atoms with Gasteiger partial charge in [0.25, 0.3) is 0 Å². The van der Waals surface area contributed by atoms with Crippen LogP contribution in [0.15, 0.2) is 24.3 Å². The van der Waals surface area contributed by atoms with Gasteiger partial charge in [-0.15, -0.1) is 5.06 Å². The summed E-state index contributed by atoms with van der Waals surface area (Å²) in [5, 5.41) is 2.35. The van der Waals surface area contributed by atoms with Gasteiger partial charge < -0.3 is 9.57 Å². The van der Waals surface area contributed by atoms with Crippen molar-refractivity contribution < 1.29 is 14.4 Å². The topological polar surface area (TPSA) is 38.8 Å². The highest BCUT2D eigenvalue weighted by atomic mass is 35.5. The number of carbonyl (C=O) groups is 1. The van der Waals surface area contributed by atoms with E-state index in [1.165, 1.54) is 0 Å². The van der Waals surface area contributed by atoms with Crippen LogP contribution in [0.2, 0.25) is 5.02 Å². The molecule has 1 aromatic carbocycles. The highest BCUT2D eigenvalue weighted by molar-refractivity contribution is 6.32. The maximum absolute atomic E-state index is 11.8. The fourth-order valence-electron chi connectivity index (χ4n) is 2.02. The third-order valence-corrected chi connectivity index (χ3v) is 3.67. The number of ether oxygens (including phenoxy) is 1. The van der Waals surface area contributed by atoms with E-state index >= 15 is 0 Å². The maximum atomic E-state index is 11.8. The number of carbonyl (C=O) groups excluding carboxylic acids is 1. The summed E-state index contributed by atoms with van der Waals surface area (Å²) >= 11 is 6.09. The van der Waals surface area contributed by atoms with Crippen molar-refractivity contribution in [2.45, 2.75) is 39.7 Å². The summed E-state index contributed by atoms with van der Waals surface area (Å²) in [5.41, 5.74) is -0.481. The number of hydroxylamine groups is 2. The van der Waals surface area contributed by atoms with Gasteiger partial charge in [-0.2, -0.15) is 0 Å². The molecular formula is C16H22ClNO3. The molecule has 1 fully saturated rings. The Bertz CT molecular complexity index is 491. The molecule has 0 unspecified atom stereocenters. The van der Waals surface area contributed by atoms with Crippen molar-refractivity contribution in [3.05, 3.63) is 29.3 Å². The van der Waals surface area contributed by atoms with Gasteiger partial charge in [0.05, 0.1) is 10.4 Å². The predicted octanol–water partition coefficient (Wildman–Crippen LogP) is 3.69. The maximum Gasteiger partial charge on any atom is 0.330 e. The molecule has 1 heterocycles. The van der Waals surface area contributed by atoms with E-state index in [2.05, 4.69) is 0 Å². The Morgan fingerprint density at radius 2 is 1.86 bits per heavy atom. The zero-order valence-corrected chi connectivity index (χ0v) is 13.5. The van der Waals surface area contributed by atoms with E-state index in [-0.39, 0.29) is 12.1 Å². The van der Waals surface area contributed by atoms with Crippen molar-refractivity contribution in [3.63, 3.8) is 0 Å². The molecule has 4 nitrogen and oxygen atoms in total. The van der Waals surface area contributed by atoms with Gasteiger partial charge in [-0.3, -0.25) is 0 Å². The van der Waals surface area contributed by atoms with E-state index in [1.54, 1.807) is 5.06 Å². The Kier molecular flexibility index (Phi) is 5.12. The second-order valence-electron chi connectivity index (χ2n) is 6.31. The minimum absolute atomic E-state index is 0.106. The molecule has 0 amide bonds. The number of halogens is 1. The van der Waals surface area contributed by atoms with Gasteiger partial charge in [-0.25, -0.2) is 4.79 Å². The van der Waals surface area contributed by atoms with E-state index in [0.717, 1.165) is 12.8 Å². The van der Waals surface area contributed by atoms with Crippen LogP contribution >= 0.6 is 11.6 Å². The smallest absolute Gasteiger partial charge is 0.330 e. The van der Waals surface area contributed by atoms with Crippen molar-refractivity contribution in [1.82, 2.24) is 5.06 Å². The average molecular weight is 312 g/mol.